The summed E-state index contributed by atoms with van der Waals surface area (Å²) >= 11 is 6.12. The van der Waals surface area contributed by atoms with Crippen LogP contribution >= 0.6 is 11.6 Å². The third-order valence-electron chi connectivity index (χ3n) is 4.97. The zero-order valence-corrected chi connectivity index (χ0v) is 12.8. The molecule has 0 aromatic heterocycles. The number of nitrogens with two attached hydrogens (primary N) is 1. The molecule has 2 N–H and O–H groups in total. The number of amides is 1. The van der Waals surface area contributed by atoms with Crippen LogP contribution in [0.15, 0.2) is 24.3 Å². The average Bonchev–Trinajstić information content (AvgIpc) is 2.93. The number of benzene rings is 1. The number of halogens is 1. The monoisotopic (exact) mass is 308 g/mol. The van der Waals surface area contributed by atoms with Crippen LogP contribution in [0.3, 0.4) is 0 Å². The van der Waals surface area contributed by atoms with Gasteiger partial charge >= 0.3 is 6.09 Å². The molecule has 1 aromatic carbocycles. The zero-order chi connectivity index (χ0) is 14.9. The first kappa shape index (κ1) is 14.7. The molecule has 0 bridgehead atoms. The number of carbonyl (C=O) groups is 1. The molecule has 0 spiro atoms. The van der Waals surface area contributed by atoms with Gasteiger partial charge in [-0.05, 0) is 43.4 Å². The van der Waals surface area contributed by atoms with Crippen LogP contribution in [0.1, 0.15) is 31.2 Å². The summed E-state index contributed by atoms with van der Waals surface area (Å²) in [5.74, 6) is 0. The van der Waals surface area contributed by atoms with Crippen molar-refractivity contribution in [3.05, 3.63) is 34.9 Å². The molecule has 2 fully saturated rings. The van der Waals surface area contributed by atoms with Gasteiger partial charge in [0.25, 0.3) is 0 Å². The second-order valence-corrected chi connectivity index (χ2v) is 6.47. The molecule has 1 saturated carbocycles. The van der Waals surface area contributed by atoms with Crippen LogP contribution in [-0.2, 0) is 10.2 Å². The van der Waals surface area contributed by atoms with Crippen molar-refractivity contribution in [3.8, 4) is 0 Å². The Morgan fingerprint density at radius 1 is 1.38 bits per heavy atom. The highest BCUT2D eigenvalue weighted by Crippen LogP contribution is 2.41. The van der Waals surface area contributed by atoms with Gasteiger partial charge in [0.1, 0.15) is 6.61 Å². The van der Waals surface area contributed by atoms with Crippen LogP contribution in [0, 0.1) is 0 Å². The van der Waals surface area contributed by atoms with Gasteiger partial charge in [-0.25, -0.2) is 4.79 Å². The lowest BCUT2D eigenvalue weighted by atomic mass is 9.68. The van der Waals surface area contributed by atoms with Crippen molar-refractivity contribution in [2.24, 2.45) is 5.73 Å². The largest absolute Gasteiger partial charge is 0.448 e. The summed E-state index contributed by atoms with van der Waals surface area (Å²) in [6, 6.07) is 8.31. The molecular weight excluding hydrogens is 288 g/mol. The number of cyclic esters (lactones) is 1. The summed E-state index contributed by atoms with van der Waals surface area (Å²) < 4.78 is 5.04. The number of hydrogen-bond acceptors (Lipinski definition) is 3. The van der Waals surface area contributed by atoms with E-state index in [0.29, 0.717) is 19.2 Å². The fourth-order valence-electron chi connectivity index (χ4n) is 3.63. The van der Waals surface area contributed by atoms with Crippen molar-refractivity contribution in [2.45, 2.75) is 37.1 Å². The molecule has 21 heavy (non-hydrogen) atoms. The molecule has 0 unspecified atom stereocenters. The number of carbonyl (C=O) groups excluding carboxylic acids is 1. The second-order valence-electron chi connectivity index (χ2n) is 6.03. The summed E-state index contributed by atoms with van der Waals surface area (Å²) in [7, 11) is 0. The molecule has 1 aromatic rings. The molecular formula is C16H21ClN2O2. The Morgan fingerprint density at radius 2 is 2.14 bits per heavy atom. The predicted molar refractivity (Wildman–Crippen MR) is 82.5 cm³/mol. The highest BCUT2D eigenvalue weighted by molar-refractivity contribution is 6.30. The number of rotatable bonds is 3. The first-order valence-corrected chi connectivity index (χ1v) is 7.92. The molecule has 1 aliphatic heterocycles. The van der Waals surface area contributed by atoms with E-state index in [2.05, 4.69) is 6.07 Å². The van der Waals surface area contributed by atoms with Crippen LogP contribution in [-0.4, -0.2) is 36.7 Å². The molecule has 114 valence electrons. The molecule has 2 aliphatic rings. The predicted octanol–water partition coefficient (Wildman–Crippen LogP) is 2.93. The lowest BCUT2D eigenvalue weighted by Gasteiger charge is -2.42. The van der Waals surface area contributed by atoms with Crippen molar-refractivity contribution < 1.29 is 9.53 Å². The fraction of sp³-hybridized carbons (Fsp3) is 0.562. The van der Waals surface area contributed by atoms with E-state index in [1.54, 1.807) is 0 Å². The lowest BCUT2D eigenvalue weighted by molar-refractivity contribution is 0.127. The minimum Gasteiger partial charge on any atom is -0.448 e. The molecule has 1 amide bonds. The summed E-state index contributed by atoms with van der Waals surface area (Å²) in [4.78, 5) is 13.6. The Kier molecular flexibility index (Phi) is 4.09. The van der Waals surface area contributed by atoms with Crippen LogP contribution in [0.2, 0.25) is 5.02 Å². The van der Waals surface area contributed by atoms with Gasteiger partial charge in [-0.15, -0.1) is 0 Å². The van der Waals surface area contributed by atoms with Crippen molar-refractivity contribution in [1.82, 2.24) is 4.90 Å². The Balaban J connectivity index is 1.74. The smallest absolute Gasteiger partial charge is 0.410 e. The minimum absolute atomic E-state index is 0.00890. The van der Waals surface area contributed by atoms with Gasteiger partial charge in [0.05, 0.1) is 6.54 Å². The Hall–Kier alpha value is -1.26. The van der Waals surface area contributed by atoms with E-state index in [-0.39, 0.29) is 11.5 Å². The van der Waals surface area contributed by atoms with Crippen LogP contribution in [0.25, 0.3) is 0 Å². The Labute approximate surface area is 130 Å². The van der Waals surface area contributed by atoms with Crippen molar-refractivity contribution in [2.75, 3.05) is 19.7 Å². The van der Waals surface area contributed by atoms with Gasteiger partial charge in [-0.1, -0.05) is 23.7 Å². The molecule has 1 aliphatic carbocycles. The van der Waals surface area contributed by atoms with E-state index in [0.717, 1.165) is 37.3 Å². The highest BCUT2D eigenvalue weighted by atomic mass is 35.5. The molecule has 4 nitrogen and oxygen atoms in total. The topological polar surface area (TPSA) is 55.6 Å². The number of hydrogen-bond donors (Lipinski definition) is 1. The van der Waals surface area contributed by atoms with E-state index in [9.17, 15) is 4.79 Å². The summed E-state index contributed by atoms with van der Waals surface area (Å²) in [6.45, 7) is 1.85. The van der Waals surface area contributed by atoms with Crippen molar-refractivity contribution in [1.29, 1.82) is 0 Å². The molecule has 0 atom stereocenters. The molecule has 1 saturated heterocycles. The molecule has 3 rings (SSSR count). The third-order valence-corrected chi connectivity index (χ3v) is 5.21. The summed E-state index contributed by atoms with van der Waals surface area (Å²) in [5, 5.41) is 0.755. The van der Waals surface area contributed by atoms with Crippen molar-refractivity contribution >= 4 is 17.7 Å². The average molecular weight is 309 g/mol. The number of ether oxygens (including phenoxy) is 1. The number of nitrogens with zero attached hydrogens (tertiary/aromatic N) is 1. The Bertz CT molecular complexity index is 527. The normalized spacial score (nSPS) is 29.5. The van der Waals surface area contributed by atoms with E-state index in [1.807, 2.05) is 23.1 Å². The van der Waals surface area contributed by atoms with Gasteiger partial charge < -0.3 is 15.4 Å². The molecule has 5 heteroatoms. The third kappa shape index (κ3) is 2.74. The first-order chi connectivity index (χ1) is 10.1. The van der Waals surface area contributed by atoms with Crippen molar-refractivity contribution in [3.63, 3.8) is 0 Å². The van der Waals surface area contributed by atoms with Crippen LogP contribution in [0.5, 0.6) is 0 Å². The minimum atomic E-state index is -0.164. The van der Waals surface area contributed by atoms with Crippen LogP contribution in [0.4, 0.5) is 4.79 Å². The van der Waals surface area contributed by atoms with Gasteiger partial charge in [0.15, 0.2) is 0 Å². The van der Waals surface area contributed by atoms with E-state index < -0.39 is 0 Å². The zero-order valence-electron chi connectivity index (χ0n) is 12.1. The summed E-state index contributed by atoms with van der Waals surface area (Å²) in [5.41, 5.74) is 7.31. The van der Waals surface area contributed by atoms with Gasteiger partial charge in [0, 0.05) is 23.0 Å². The SMILES string of the molecule is NC[C@]1(c2cccc(Cl)c2)CC[C@@H](N2CCOC2=O)CC1. The second kappa shape index (κ2) is 5.85. The van der Waals surface area contributed by atoms with Gasteiger partial charge in [-0.3, -0.25) is 0 Å². The fourth-order valence-corrected chi connectivity index (χ4v) is 3.82. The van der Waals surface area contributed by atoms with E-state index >= 15 is 0 Å². The van der Waals surface area contributed by atoms with Gasteiger partial charge in [0.2, 0.25) is 0 Å². The lowest BCUT2D eigenvalue weighted by Crippen LogP contribution is -2.45. The Morgan fingerprint density at radius 3 is 2.71 bits per heavy atom. The standard InChI is InChI=1S/C16H21ClN2O2/c17-13-3-1-2-12(10-13)16(11-18)6-4-14(5-7-16)19-8-9-21-15(19)20/h1-3,10,14H,4-9,11,18H2/t14-,16+. The van der Waals surface area contributed by atoms with E-state index in [4.69, 9.17) is 22.1 Å². The quantitative estimate of drug-likeness (QED) is 0.934. The van der Waals surface area contributed by atoms with E-state index in [1.165, 1.54) is 5.56 Å². The van der Waals surface area contributed by atoms with Crippen LogP contribution < -0.4 is 5.73 Å². The maximum Gasteiger partial charge on any atom is 0.410 e. The van der Waals surface area contributed by atoms with Gasteiger partial charge in [-0.2, -0.15) is 0 Å². The summed E-state index contributed by atoms with van der Waals surface area (Å²) in [6.07, 6.45) is 3.75. The maximum atomic E-state index is 11.7. The molecule has 0 radical (unpaired) electrons. The first-order valence-electron chi connectivity index (χ1n) is 7.54. The molecule has 1 heterocycles. The highest BCUT2D eigenvalue weighted by Gasteiger charge is 2.40. The maximum absolute atomic E-state index is 11.7.